The molecule has 0 aliphatic heterocycles. The molecule has 1 aromatic carbocycles. The van der Waals surface area contributed by atoms with Crippen molar-refractivity contribution in [2.24, 2.45) is 0 Å². The van der Waals surface area contributed by atoms with E-state index in [1.807, 2.05) is 13.0 Å². The zero-order chi connectivity index (χ0) is 16.1. The van der Waals surface area contributed by atoms with Crippen molar-refractivity contribution in [3.8, 4) is 28.8 Å². The van der Waals surface area contributed by atoms with Gasteiger partial charge in [0, 0.05) is 12.1 Å². The minimum absolute atomic E-state index is 0.0586. The lowest BCUT2D eigenvalue weighted by Gasteiger charge is -2.12. The van der Waals surface area contributed by atoms with Crippen LogP contribution in [-0.2, 0) is 6.54 Å². The van der Waals surface area contributed by atoms with Gasteiger partial charge >= 0.3 is 0 Å². The second kappa shape index (κ2) is 6.76. The normalized spacial score (nSPS) is 10.1. The number of aryl methyl sites for hydroxylation is 1. The van der Waals surface area contributed by atoms with Gasteiger partial charge in [0.25, 0.3) is 5.56 Å². The summed E-state index contributed by atoms with van der Waals surface area (Å²) in [5, 5.41) is 13.5. The first-order chi connectivity index (χ1) is 10.6. The SMILES string of the molecule is CCCn1nc(-c2cc(OC)ccc2OC)cc(C#N)c1=O. The molecule has 0 unspecified atom stereocenters. The van der Waals surface area contributed by atoms with Crippen LogP contribution >= 0.6 is 0 Å². The van der Waals surface area contributed by atoms with E-state index in [4.69, 9.17) is 14.7 Å². The summed E-state index contributed by atoms with van der Waals surface area (Å²) >= 11 is 0. The van der Waals surface area contributed by atoms with Crippen molar-refractivity contribution >= 4 is 0 Å². The summed E-state index contributed by atoms with van der Waals surface area (Å²) in [6.45, 7) is 2.40. The van der Waals surface area contributed by atoms with E-state index < -0.39 is 0 Å². The van der Waals surface area contributed by atoms with E-state index in [2.05, 4.69) is 5.10 Å². The molecule has 1 aromatic heterocycles. The number of nitriles is 1. The number of hydrogen-bond donors (Lipinski definition) is 0. The minimum Gasteiger partial charge on any atom is -0.497 e. The Labute approximate surface area is 128 Å². The number of rotatable bonds is 5. The van der Waals surface area contributed by atoms with Crippen LogP contribution in [-0.4, -0.2) is 24.0 Å². The molecule has 0 fully saturated rings. The fourth-order valence-electron chi connectivity index (χ4n) is 2.13. The average Bonchev–Trinajstić information content (AvgIpc) is 2.56. The van der Waals surface area contributed by atoms with Crippen LogP contribution in [0, 0.1) is 11.3 Å². The highest BCUT2D eigenvalue weighted by atomic mass is 16.5. The summed E-state index contributed by atoms with van der Waals surface area (Å²) < 4.78 is 11.9. The Kier molecular flexibility index (Phi) is 4.79. The molecule has 0 N–H and O–H groups in total. The first-order valence-corrected chi connectivity index (χ1v) is 6.89. The highest BCUT2D eigenvalue weighted by Crippen LogP contribution is 2.32. The molecule has 2 rings (SSSR count). The predicted octanol–water partition coefficient (Wildman–Crippen LogP) is 2.21. The van der Waals surface area contributed by atoms with Crippen LogP contribution in [0.2, 0.25) is 0 Å². The molecule has 0 atom stereocenters. The molecule has 0 bridgehead atoms. The van der Waals surface area contributed by atoms with Crippen molar-refractivity contribution in [2.45, 2.75) is 19.9 Å². The minimum atomic E-state index is -0.380. The van der Waals surface area contributed by atoms with Crippen LogP contribution in [0.15, 0.2) is 29.1 Å². The van der Waals surface area contributed by atoms with Gasteiger partial charge in [0.2, 0.25) is 0 Å². The Morgan fingerprint density at radius 1 is 1.27 bits per heavy atom. The van der Waals surface area contributed by atoms with E-state index >= 15 is 0 Å². The number of ether oxygens (including phenoxy) is 2. The maximum Gasteiger partial charge on any atom is 0.284 e. The maximum absolute atomic E-state index is 12.1. The Bertz CT molecular complexity index is 775. The van der Waals surface area contributed by atoms with Crippen LogP contribution in [0.4, 0.5) is 0 Å². The van der Waals surface area contributed by atoms with Gasteiger partial charge in [-0.25, -0.2) is 4.68 Å². The van der Waals surface area contributed by atoms with Crippen LogP contribution in [0.3, 0.4) is 0 Å². The second-order valence-corrected chi connectivity index (χ2v) is 4.65. The molecule has 0 saturated carbocycles. The molecule has 2 aromatic rings. The largest absolute Gasteiger partial charge is 0.497 e. The number of hydrogen-bond acceptors (Lipinski definition) is 5. The highest BCUT2D eigenvalue weighted by Gasteiger charge is 2.14. The third-order valence-electron chi connectivity index (χ3n) is 3.21. The lowest BCUT2D eigenvalue weighted by molar-refractivity contribution is 0.404. The number of methoxy groups -OCH3 is 2. The molecule has 1 heterocycles. The van der Waals surface area contributed by atoms with E-state index in [1.165, 1.54) is 10.7 Å². The summed E-state index contributed by atoms with van der Waals surface area (Å²) in [4.78, 5) is 12.1. The van der Waals surface area contributed by atoms with Crippen LogP contribution < -0.4 is 15.0 Å². The summed E-state index contributed by atoms with van der Waals surface area (Å²) in [6, 6.07) is 8.70. The summed E-state index contributed by atoms with van der Waals surface area (Å²) in [6.07, 6.45) is 0.747. The van der Waals surface area contributed by atoms with Gasteiger partial charge in [-0.3, -0.25) is 4.79 Å². The summed E-state index contributed by atoms with van der Waals surface area (Å²) in [5.41, 5.74) is 0.849. The van der Waals surface area contributed by atoms with E-state index in [0.29, 0.717) is 29.3 Å². The molecule has 0 spiro atoms. The average molecular weight is 299 g/mol. The molecule has 0 saturated heterocycles. The number of benzene rings is 1. The van der Waals surface area contributed by atoms with Crippen molar-refractivity contribution in [1.29, 1.82) is 5.26 Å². The van der Waals surface area contributed by atoms with Gasteiger partial charge in [0.15, 0.2) is 0 Å². The maximum atomic E-state index is 12.1. The molecular formula is C16H17N3O3. The van der Waals surface area contributed by atoms with E-state index in [-0.39, 0.29) is 11.1 Å². The van der Waals surface area contributed by atoms with Crippen LogP contribution in [0.25, 0.3) is 11.3 Å². The molecule has 0 radical (unpaired) electrons. The van der Waals surface area contributed by atoms with Gasteiger partial charge < -0.3 is 9.47 Å². The molecule has 6 heteroatoms. The molecule has 0 aliphatic carbocycles. The van der Waals surface area contributed by atoms with Crippen molar-refractivity contribution in [3.63, 3.8) is 0 Å². The van der Waals surface area contributed by atoms with Crippen LogP contribution in [0.5, 0.6) is 11.5 Å². The van der Waals surface area contributed by atoms with Gasteiger partial charge in [-0.05, 0) is 30.7 Å². The fourth-order valence-corrected chi connectivity index (χ4v) is 2.13. The van der Waals surface area contributed by atoms with E-state index in [0.717, 1.165) is 6.42 Å². The lowest BCUT2D eigenvalue weighted by Crippen LogP contribution is -2.25. The number of aromatic nitrogens is 2. The van der Waals surface area contributed by atoms with Gasteiger partial charge in [-0.1, -0.05) is 6.92 Å². The smallest absolute Gasteiger partial charge is 0.284 e. The van der Waals surface area contributed by atoms with Gasteiger partial charge in [-0.2, -0.15) is 10.4 Å². The highest BCUT2D eigenvalue weighted by molar-refractivity contribution is 5.69. The topological polar surface area (TPSA) is 77.1 Å². The molecule has 22 heavy (non-hydrogen) atoms. The Hall–Kier alpha value is -2.81. The predicted molar refractivity (Wildman–Crippen MR) is 82.0 cm³/mol. The second-order valence-electron chi connectivity index (χ2n) is 4.65. The fraction of sp³-hybridized carbons (Fsp3) is 0.312. The van der Waals surface area contributed by atoms with Crippen molar-refractivity contribution in [3.05, 3.63) is 40.2 Å². The zero-order valence-electron chi connectivity index (χ0n) is 12.8. The first-order valence-electron chi connectivity index (χ1n) is 6.89. The zero-order valence-corrected chi connectivity index (χ0v) is 12.8. The Morgan fingerprint density at radius 3 is 2.64 bits per heavy atom. The standard InChI is InChI=1S/C16H17N3O3/c1-4-7-19-16(20)11(10-17)8-14(18-19)13-9-12(21-2)5-6-15(13)22-3/h5-6,8-9H,4,7H2,1-3H3. The summed E-state index contributed by atoms with van der Waals surface area (Å²) in [5.74, 6) is 1.24. The third-order valence-corrected chi connectivity index (χ3v) is 3.21. The van der Waals surface area contributed by atoms with E-state index in [1.54, 1.807) is 32.4 Å². The number of nitrogens with zero attached hydrogens (tertiary/aromatic N) is 3. The molecular weight excluding hydrogens is 282 g/mol. The molecule has 0 aliphatic rings. The quantitative estimate of drug-likeness (QED) is 0.846. The van der Waals surface area contributed by atoms with Gasteiger partial charge in [-0.15, -0.1) is 0 Å². The monoisotopic (exact) mass is 299 g/mol. The van der Waals surface area contributed by atoms with Crippen molar-refractivity contribution in [2.75, 3.05) is 14.2 Å². The van der Waals surface area contributed by atoms with Gasteiger partial charge in [0.1, 0.15) is 23.1 Å². The third kappa shape index (κ3) is 2.93. The van der Waals surface area contributed by atoms with Crippen molar-refractivity contribution < 1.29 is 9.47 Å². The Morgan fingerprint density at radius 2 is 2.05 bits per heavy atom. The van der Waals surface area contributed by atoms with E-state index in [9.17, 15) is 4.79 Å². The van der Waals surface area contributed by atoms with Crippen molar-refractivity contribution in [1.82, 2.24) is 9.78 Å². The molecule has 6 nitrogen and oxygen atoms in total. The van der Waals surface area contributed by atoms with Gasteiger partial charge in [0.05, 0.1) is 19.9 Å². The van der Waals surface area contributed by atoms with Crippen LogP contribution in [0.1, 0.15) is 18.9 Å². The summed E-state index contributed by atoms with van der Waals surface area (Å²) in [7, 11) is 3.12. The Balaban J connectivity index is 2.69. The molecule has 0 amide bonds. The molecule has 114 valence electrons. The first kappa shape index (κ1) is 15.6. The lowest BCUT2D eigenvalue weighted by atomic mass is 10.1.